The molecule has 0 saturated carbocycles. The van der Waals surface area contributed by atoms with Gasteiger partial charge in [0.1, 0.15) is 5.82 Å². The van der Waals surface area contributed by atoms with Crippen molar-refractivity contribution in [2.24, 2.45) is 0 Å². The van der Waals surface area contributed by atoms with Crippen molar-refractivity contribution < 1.29 is 4.79 Å². The van der Waals surface area contributed by atoms with Gasteiger partial charge < -0.3 is 9.80 Å². The van der Waals surface area contributed by atoms with Gasteiger partial charge in [0.25, 0.3) is 5.91 Å². The SMILES string of the molecule is Cc1ccsc1C(=O)N1CCN(c2ccc(Br)cn2)CC1. The van der Waals surface area contributed by atoms with E-state index >= 15 is 0 Å². The highest BCUT2D eigenvalue weighted by Crippen LogP contribution is 2.20. The Hall–Kier alpha value is -1.40. The van der Waals surface area contributed by atoms with Crippen LogP contribution in [-0.4, -0.2) is 42.0 Å². The van der Waals surface area contributed by atoms with Crippen LogP contribution in [0.4, 0.5) is 5.82 Å². The van der Waals surface area contributed by atoms with E-state index in [9.17, 15) is 4.79 Å². The fraction of sp³-hybridized carbons (Fsp3) is 0.333. The van der Waals surface area contributed by atoms with E-state index in [0.717, 1.165) is 46.9 Å². The lowest BCUT2D eigenvalue weighted by atomic mass is 10.2. The molecule has 2 aromatic heterocycles. The number of carbonyl (C=O) groups is 1. The Morgan fingerprint density at radius 2 is 2.00 bits per heavy atom. The Morgan fingerprint density at radius 1 is 1.24 bits per heavy atom. The topological polar surface area (TPSA) is 36.4 Å². The van der Waals surface area contributed by atoms with Crippen molar-refractivity contribution in [2.45, 2.75) is 6.92 Å². The predicted molar refractivity (Wildman–Crippen MR) is 89.1 cm³/mol. The molecule has 6 heteroatoms. The summed E-state index contributed by atoms with van der Waals surface area (Å²) in [5.41, 5.74) is 1.07. The number of halogens is 1. The van der Waals surface area contributed by atoms with Crippen LogP contribution in [0, 0.1) is 6.92 Å². The molecule has 21 heavy (non-hydrogen) atoms. The van der Waals surface area contributed by atoms with Crippen LogP contribution in [-0.2, 0) is 0 Å². The summed E-state index contributed by atoms with van der Waals surface area (Å²) in [6, 6.07) is 6.00. The summed E-state index contributed by atoms with van der Waals surface area (Å²) >= 11 is 4.92. The average molecular weight is 366 g/mol. The van der Waals surface area contributed by atoms with Gasteiger partial charge in [-0.05, 0) is 52.0 Å². The lowest BCUT2D eigenvalue weighted by Gasteiger charge is -2.35. The second-order valence-electron chi connectivity index (χ2n) is 5.05. The first-order valence-corrected chi connectivity index (χ1v) is 8.52. The van der Waals surface area contributed by atoms with Crippen LogP contribution in [0.2, 0.25) is 0 Å². The first-order chi connectivity index (χ1) is 10.1. The van der Waals surface area contributed by atoms with E-state index in [1.807, 2.05) is 41.6 Å². The van der Waals surface area contributed by atoms with E-state index in [-0.39, 0.29) is 5.91 Å². The number of anilines is 1. The van der Waals surface area contributed by atoms with Crippen LogP contribution in [0.5, 0.6) is 0 Å². The Morgan fingerprint density at radius 3 is 2.57 bits per heavy atom. The number of aromatic nitrogens is 1. The van der Waals surface area contributed by atoms with E-state index in [0.29, 0.717) is 0 Å². The first kappa shape index (κ1) is 14.5. The van der Waals surface area contributed by atoms with Gasteiger partial charge in [0.2, 0.25) is 0 Å². The minimum Gasteiger partial charge on any atom is -0.353 e. The second-order valence-corrected chi connectivity index (χ2v) is 6.88. The zero-order valence-corrected chi connectivity index (χ0v) is 14.2. The summed E-state index contributed by atoms with van der Waals surface area (Å²) in [6.45, 7) is 5.13. The van der Waals surface area contributed by atoms with Gasteiger partial charge in [-0.2, -0.15) is 0 Å². The van der Waals surface area contributed by atoms with E-state index < -0.39 is 0 Å². The minimum absolute atomic E-state index is 0.158. The Kier molecular flexibility index (Phi) is 4.26. The standard InChI is InChI=1S/C15H16BrN3OS/c1-11-4-9-21-14(11)15(20)19-7-5-18(6-8-19)13-3-2-12(16)10-17-13/h2-4,9-10H,5-8H2,1H3. The Balaban J connectivity index is 1.64. The summed E-state index contributed by atoms with van der Waals surface area (Å²) < 4.78 is 0.980. The lowest BCUT2D eigenvalue weighted by Crippen LogP contribution is -2.49. The molecule has 1 aliphatic heterocycles. The molecule has 3 heterocycles. The summed E-state index contributed by atoms with van der Waals surface area (Å²) in [5.74, 6) is 1.13. The second kappa shape index (κ2) is 6.15. The number of hydrogen-bond acceptors (Lipinski definition) is 4. The van der Waals surface area contributed by atoms with Crippen molar-refractivity contribution in [3.05, 3.63) is 44.7 Å². The fourth-order valence-electron chi connectivity index (χ4n) is 2.43. The molecule has 110 valence electrons. The van der Waals surface area contributed by atoms with Crippen molar-refractivity contribution in [3.8, 4) is 0 Å². The molecule has 0 atom stereocenters. The lowest BCUT2D eigenvalue weighted by molar-refractivity contribution is 0.0751. The van der Waals surface area contributed by atoms with Gasteiger partial charge in [-0.1, -0.05) is 0 Å². The van der Waals surface area contributed by atoms with Crippen LogP contribution in [0.15, 0.2) is 34.2 Å². The third kappa shape index (κ3) is 3.11. The quantitative estimate of drug-likeness (QED) is 0.819. The van der Waals surface area contributed by atoms with Gasteiger partial charge in [-0.3, -0.25) is 4.79 Å². The van der Waals surface area contributed by atoms with E-state index in [4.69, 9.17) is 0 Å². The van der Waals surface area contributed by atoms with Crippen LogP contribution in [0.25, 0.3) is 0 Å². The zero-order chi connectivity index (χ0) is 14.8. The average Bonchev–Trinajstić information content (AvgIpc) is 2.94. The maximum atomic E-state index is 12.5. The molecule has 4 nitrogen and oxygen atoms in total. The smallest absolute Gasteiger partial charge is 0.264 e. The minimum atomic E-state index is 0.158. The maximum Gasteiger partial charge on any atom is 0.264 e. The Bertz CT molecular complexity index is 633. The molecule has 2 aromatic rings. The third-order valence-corrected chi connectivity index (χ3v) is 5.13. The number of amides is 1. The summed E-state index contributed by atoms with van der Waals surface area (Å²) in [6.07, 6.45) is 1.81. The normalized spacial score (nSPS) is 15.3. The molecular weight excluding hydrogens is 350 g/mol. The highest BCUT2D eigenvalue weighted by molar-refractivity contribution is 9.10. The molecule has 3 rings (SSSR count). The summed E-state index contributed by atoms with van der Waals surface area (Å²) in [7, 11) is 0. The van der Waals surface area contributed by atoms with Crippen LogP contribution in [0.3, 0.4) is 0 Å². The number of nitrogens with zero attached hydrogens (tertiary/aromatic N) is 3. The molecule has 1 fully saturated rings. The molecule has 0 aliphatic carbocycles. The van der Waals surface area contributed by atoms with Crippen LogP contribution in [0.1, 0.15) is 15.2 Å². The van der Waals surface area contributed by atoms with Gasteiger partial charge in [0.05, 0.1) is 4.88 Å². The van der Waals surface area contributed by atoms with Gasteiger partial charge in [0, 0.05) is 36.8 Å². The Labute approximate surface area is 136 Å². The zero-order valence-electron chi connectivity index (χ0n) is 11.8. The third-order valence-electron chi connectivity index (χ3n) is 3.66. The highest BCUT2D eigenvalue weighted by Gasteiger charge is 2.24. The number of hydrogen-bond donors (Lipinski definition) is 0. The molecule has 0 N–H and O–H groups in total. The van der Waals surface area contributed by atoms with Crippen LogP contribution < -0.4 is 4.90 Å². The molecule has 1 amide bonds. The number of carbonyl (C=O) groups excluding carboxylic acids is 1. The number of aryl methyl sites for hydroxylation is 1. The number of piperazine rings is 1. The van der Waals surface area contributed by atoms with Gasteiger partial charge in [-0.15, -0.1) is 11.3 Å². The van der Waals surface area contributed by atoms with Crippen molar-refractivity contribution in [3.63, 3.8) is 0 Å². The van der Waals surface area contributed by atoms with Crippen molar-refractivity contribution >= 4 is 39.0 Å². The van der Waals surface area contributed by atoms with Crippen molar-refractivity contribution in [1.82, 2.24) is 9.88 Å². The molecule has 1 saturated heterocycles. The molecule has 0 aromatic carbocycles. The van der Waals surface area contributed by atoms with Gasteiger partial charge in [0.15, 0.2) is 0 Å². The number of thiophene rings is 1. The number of pyridine rings is 1. The van der Waals surface area contributed by atoms with E-state index in [1.54, 1.807) is 0 Å². The molecule has 0 radical (unpaired) electrons. The summed E-state index contributed by atoms with van der Waals surface area (Å²) in [4.78, 5) is 21.9. The molecular formula is C15H16BrN3OS. The van der Waals surface area contributed by atoms with Crippen molar-refractivity contribution in [2.75, 3.05) is 31.1 Å². The molecule has 0 unspecified atom stereocenters. The van der Waals surface area contributed by atoms with Crippen molar-refractivity contribution in [1.29, 1.82) is 0 Å². The molecule has 1 aliphatic rings. The first-order valence-electron chi connectivity index (χ1n) is 6.85. The maximum absolute atomic E-state index is 12.5. The predicted octanol–water partition coefficient (Wildman–Crippen LogP) is 3.18. The van der Waals surface area contributed by atoms with E-state index in [2.05, 4.69) is 25.8 Å². The fourth-order valence-corrected chi connectivity index (χ4v) is 3.56. The molecule has 0 bridgehead atoms. The van der Waals surface area contributed by atoms with Crippen LogP contribution >= 0.6 is 27.3 Å². The van der Waals surface area contributed by atoms with Gasteiger partial charge in [-0.25, -0.2) is 4.98 Å². The van der Waals surface area contributed by atoms with E-state index in [1.165, 1.54) is 11.3 Å². The monoisotopic (exact) mass is 365 g/mol. The number of rotatable bonds is 2. The summed E-state index contributed by atoms with van der Waals surface area (Å²) in [5, 5.41) is 1.98. The molecule has 0 spiro atoms. The largest absolute Gasteiger partial charge is 0.353 e. The highest BCUT2D eigenvalue weighted by atomic mass is 79.9. The van der Waals surface area contributed by atoms with Gasteiger partial charge >= 0.3 is 0 Å².